The van der Waals surface area contributed by atoms with Gasteiger partial charge in [0.15, 0.2) is 0 Å². The van der Waals surface area contributed by atoms with Gasteiger partial charge in [-0.05, 0) is 32.3 Å². The third-order valence-electron chi connectivity index (χ3n) is 4.80. The van der Waals surface area contributed by atoms with E-state index in [0.717, 1.165) is 5.52 Å². The Balaban J connectivity index is 2.01. The van der Waals surface area contributed by atoms with Crippen molar-refractivity contribution in [2.24, 2.45) is 7.05 Å². The van der Waals surface area contributed by atoms with Crippen molar-refractivity contribution < 1.29 is 14.7 Å². The zero-order valence-corrected chi connectivity index (χ0v) is 15.4. The fraction of sp³-hybridized carbons (Fsp3) is 0.333. The molecule has 1 aliphatic heterocycles. The van der Waals surface area contributed by atoms with E-state index in [1.807, 2.05) is 19.0 Å². The number of rotatable bonds is 5. The summed E-state index contributed by atoms with van der Waals surface area (Å²) < 4.78 is 1.62. The first-order valence-corrected chi connectivity index (χ1v) is 8.58. The SMILES string of the molecule is CN(C)CCN1C(=O)c2cc(NCO)cc3c2c(cc2nnn(C)c23)C1=O. The van der Waals surface area contributed by atoms with Crippen LogP contribution < -0.4 is 5.32 Å². The van der Waals surface area contributed by atoms with E-state index in [9.17, 15) is 14.7 Å². The Hall–Kier alpha value is -3.04. The number of aromatic nitrogens is 3. The van der Waals surface area contributed by atoms with Crippen molar-refractivity contribution >= 4 is 39.3 Å². The van der Waals surface area contributed by atoms with Crippen LogP contribution in [0.2, 0.25) is 0 Å². The number of likely N-dealkylation sites (N-methyl/N-ethyl adjacent to an activating group) is 1. The highest BCUT2D eigenvalue weighted by atomic mass is 16.3. The van der Waals surface area contributed by atoms with Crippen LogP contribution in [0.5, 0.6) is 0 Å². The molecule has 1 aromatic heterocycles. The molecule has 0 fully saturated rings. The normalized spacial score (nSPS) is 14.0. The largest absolute Gasteiger partial charge is 0.377 e. The number of nitrogens with zero attached hydrogens (tertiary/aromatic N) is 5. The summed E-state index contributed by atoms with van der Waals surface area (Å²) in [6, 6.07) is 5.18. The molecule has 9 heteroatoms. The van der Waals surface area contributed by atoms with Gasteiger partial charge >= 0.3 is 0 Å². The highest BCUT2D eigenvalue weighted by Gasteiger charge is 2.34. The van der Waals surface area contributed by atoms with Gasteiger partial charge in [-0.15, -0.1) is 5.10 Å². The standard InChI is InChI=1S/C18H20N6O3/c1-22(2)4-5-24-17(26)12-7-10(19-9-25)6-11-15(12)13(18(24)27)8-14-16(11)23(3)21-20-14/h6-8,19,25H,4-5,9H2,1-3H3. The van der Waals surface area contributed by atoms with Gasteiger partial charge < -0.3 is 15.3 Å². The van der Waals surface area contributed by atoms with E-state index in [2.05, 4.69) is 15.6 Å². The van der Waals surface area contributed by atoms with Crippen molar-refractivity contribution in [2.45, 2.75) is 0 Å². The molecule has 27 heavy (non-hydrogen) atoms. The average Bonchev–Trinajstić information content (AvgIpc) is 3.00. The number of hydrogen-bond acceptors (Lipinski definition) is 7. The van der Waals surface area contributed by atoms with Gasteiger partial charge in [-0.2, -0.15) is 0 Å². The number of nitrogens with one attached hydrogen (secondary N) is 1. The predicted molar refractivity (Wildman–Crippen MR) is 101 cm³/mol. The van der Waals surface area contributed by atoms with Crippen molar-refractivity contribution in [2.75, 3.05) is 39.2 Å². The number of amides is 2. The Morgan fingerprint density at radius 2 is 1.85 bits per heavy atom. The second-order valence-electron chi connectivity index (χ2n) is 6.85. The monoisotopic (exact) mass is 368 g/mol. The van der Waals surface area contributed by atoms with E-state index in [-0.39, 0.29) is 18.5 Å². The third-order valence-corrected chi connectivity index (χ3v) is 4.80. The van der Waals surface area contributed by atoms with E-state index < -0.39 is 0 Å². The number of aliphatic hydroxyl groups excluding tert-OH is 1. The zero-order valence-electron chi connectivity index (χ0n) is 15.4. The molecule has 0 aliphatic carbocycles. The van der Waals surface area contributed by atoms with Gasteiger partial charge in [0, 0.05) is 36.6 Å². The van der Waals surface area contributed by atoms with Crippen molar-refractivity contribution in [1.82, 2.24) is 24.8 Å². The highest BCUT2D eigenvalue weighted by Crippen LogP contribution is 2.36. The van der Waals surface area contributed by atoms with Gasteiger partial charge in [0.2, 0.25) is 0 Å². The maximum absolute atomic E-state index is 13.1. The molecular weight excluding hydrogens is 348 g/mol. The summed E-state index contributed by atoms with van der Waals surface area (Å²) in [5, 5.41) is 21.6. The number of fused-ring (bicyclic) bond motifs is 2. The molecule has 0 unspecified atom stereocenters. The van der Waals surface area contributed by atoms with Crippen molar-refractivity contribution in [1.29, 1.82) is 0 Å². The number of anilines is 1. The summed E-state index contributed by atoms with van der Waals surface area (Å²) in [5.41, 5.74) is 2.79. The molecule has 2 heterocycles. The molecule has 140 valence electrons. The second-order valence-corrected chi connectivity index (χ2v) is 6.85. The van der Waals surface area contributed by atoms with Crippen molar-refractivity contribution in [3.8, 4) is 0 Å². The number of aryl methyl sites for hydroxylation is 1. The Bertz CT molecular complexity index is 1090. The first-order valence-electron chi connectivity index (χ1n) is 8.58. The van der Waals surface area contributed by atoms with Gasteiger partial charge in [-0.3, -0.25) is 14.5 Å². The molecular formula is C18H20N6O3. The molecule has 2 aromatic carbocycles. The van der Waals surface area contributed by atoms with Gasteiger partial charge in [0.1, 0.15) is 12.2 Å². The molecule has 0 spiro atoms. The summed E-state index contributed by atoms with van der Waals surface area (Å²) in [4.78, 5) is 29.3. The minimum absolute atomic E-state index is 0.269. The van der Waals surface area contributed by atoms with Gasteiger partial charge in [-0.1, -0.05) is 5.21 Å². The zero-order chi connectivity index (χ0) is 19.3. The second kappa shape index (κ2) is 6.29. The lowest BCUT2D eigenvalue weighted by atomic mass is 9.92. The Labute approximate surface area is 155 Å². The number of aliphatic hydroxyl groups is 1. The molecule has 4 rings (SSSR count). The molecule has 0 saturated heterocycles. The molecule has 1 aliphatic rings. The highest BCUT2D eigenvalue weighted by molar-refractivity contribution is 6.29. The van der Waals surface area contributed by atoms with Crippen LogP contribution in [-0.4, -0.2) is 75.6 Å². The lowest BCUT2D eigenvalue weighted by molar-refractivity contribution is 0.0601. The number of benzene rings is 2. The van der Waals surface area contributed by atoms with Crippen LogP contribution in [0.4, 0.5) is 5.69 Å². The number of hydrogen-bond donors (Lipinski definition) is 2. The van der Waals surface area contributed by atoms with Crippen molar-refractivity contribution in [3.05, 3.63) is 29.3 Å². The summed E-state index contributed by atoms with van der Waals surface area (Å²) >= 11 is 0. The molecule has 0 radical (unpaired) electrons. The van der Waals surface area contributed by atoms with Crippen LogP contribution in [0.15, 0.2) is 18.2 Å². The number of carbonyl (C=O) groups is 2. The molecule has 0 atom stereocenters. The van der Waals surface area contributed by atoms with Crippen LogP contribution in [0.3, 0.4) is 0 Å². The topological polar surface area (TPSA) is 104 Å². The average molecular weight is 368 g/mol. The first kappa shape index (κ1) is 17.4. The third kappa shape index (κ3) is 2.63. The van der Waals surface area contributed by atoms with E-state index >= 15 is 0 Å². The first-order chi connectivity index (χ1) is 12.9. The van der Waals surface area contributed by atoms with Crippen LogP contribution in [0.1, 0.15) is 20.7 Å². The molecule has 0 saturated carbocycles. The van der Waals surface area contributed by atoms with Crippen LogP contribution in [-0.2, 0) is 7.05 Å². The molecule has 0 bridgehead atoms. The Kier molecular flexibility index (Phi) is 4.05. The van der Waals surface area contributed by atoms with Crippen LogP contribution in [0, 0.1) is 0 Å². The maximum atomic E-state index is 13.1. The van der Waals surface area contributed by atoms with E-state index in [0.29, 0.717) is 46.2 Å². The lowest BCUT2D eigenvalue weighted by Gasteiger charge is -2.28. The molecule has 3 aromatic rings. The smallest absolute Gasteiger partial charge is 0.261 e. The van der Waals surface area contributed by atoms with Gasteiger partial charge in [-0.25, -0.2) is 4.68 Å². The summed E-state index contributed by atoms with van der Waals surface area (Å²) in [7, 11) is 5.54. The Morgan fingerprint density at radius 3 is 2.52 bits per heavy atom. The quantitative estimate of drug-likeness (QED) is 0.503. The number of carbonyl (C=O) groups excluding carboxylic acids is 2. The number of imide groups is 1. The van der Waals surface area contributed by atoms with E-state index in [4.69, 9.17) is 0 Å². The van der Waals surface area contributed by atoms with E-state index in [1.165, 1.54) is 4.90 Å². The van der Waals surface area contributed by atoms with Gasteiger partial charge in [0.05, 0.1) is 16.6 Å². The molecule has 9 nitrogen and oxygen atoms in total. The summed E-state index contributed by atoms with van der Waals surface area (Å²) in [6.07, 6.45) is 0. The minimum atomic E-state index is -0.338. The summed E-state index contributed by atoms with van der Waals surface area (Å²) in [5.74, 6) is -0.662. The minimum Gasteiger partial charge on any atom is -0.377 e. The maximum Gasteiger partial charge on any atom is 0.261 e. The summed E-state index contributed by atoms with van der Waals surface area (Å²) in [6.45, 7) is 0.592. The fourth-order valence-corrected chi connectivity index (χ4v) is 3.53. The fourth-order valence-electron chi connectivity index (χ4n) is 3.53. The van der Waals surface area contributed by atoms with Gasteiger partial charge in [0.25, 0.3) is 11.8 Å². The Morgan fingerprint density at radius 1 is 1.15 bits per heavy atom. The lowest BCUT2D eigenvalue weighted by Crippen LogP contribution is -2.43. The molecule has 2 N–H and O–H groups in total. The molecule has 2 amide bonds. The van der Waals surface area contributed by atoms with Crippen LogP contribution >= 0.6 is 0 Å². The predicted octanol–water partition coefficient (Wildman–Crippen LogP) is 0.641. The van der Waals surface area contributed by atoms with Crippen molar-refractivity contribution in [3.63, 3.8) is 0 Å². The van der Waals surface area contributed by atoms with Crippen LogP contribution in [0.25, 0.3) is 21.8 Å². The van der Waals surface area contributed by atoms with E-state index in [1.54, 1.807) is 29.9 Å².